The SMILES string of the molecule is CCC(N)C1(CC(=O)O)CCC(c2ccccc2)CC1. The second kappa shape index (κ2) is 6.40. The molecular formula is C17H25NO2. The first-order valence-corrected chi connectivity index (χ1v) is 7.60. The molecule has 3 nitrogen and oxygen atoms in total. The van der Waals surface area contributed by atoms with Crippen molar-refractivity contribution >= 4 is 5.97 Å². The maximum atomic E-state index is 11.2. The lowest BCUT2D eigenvalue weighted by Crippen LogP contribution is -2.45. The molecule has 110 valence electrons. The molecule has 1 aromatic rings. The number of carboxylic acids is 1. The van der Waals surface area contributed by atoms with Gasteiger partial charge in [-0.3, -0.25) is 4.79 Å². The standard InChI is InChI=1S/C17H25NO2/c1-2-15(18)17(12-16(19)20)10-8-14(9-11-17)13-6-4-3-5-7-13/h3-7,14-15H,2,8-12,18H2,1H3,(H,19,20). The minimum absolute atomic E-state index is 0.00433. The average molecular weight is 275 g/mol. The molecule has 0 amide bonds. The molecule has 20 heavy (non-hydrogen) atoms. The van der Waals surface area contributed by atoms with Crippen LogP contribution in [0.15, 0.2) is 30.3 Å². The molecule has 1 fully saturated rings. The lowest BCUT2D eigenvalue weighted by atomic mass is 9.63. The molecule has 0 saturated heterocycles. The van der Waals surface area contributed by atoms with Crippen LogP contribution in [0.4, 0.5) is 0 Å². The summed E-state index contributed by atoms with van der Waals surface area (Å²) < 4.78 is 0. The van der Waals surface area contributed by atoms with Gasteiger partial charge in [0.1, 0.15) is 0 Å². The van der Waals surface area contributed by atoms with Gasteiger partial charge in [0.2, 0.25) is 0 Å². The van der Waals surface area contributed by atoms with E-state index in [1.165, 1.54) is 5.56 Å². The highest BCUT2D eigenvalue weighted by Crippen LogP contribution is 2.47. The quantitative estimate of drug-likeness (QED) is 0.864. The van der Waals surface area contributed by atoms with E-state index in [9.17, 15) is 9.90 Å². The van der Waals surface area contributed by atoms with Gasteiger partial charge in [0, 0.05) is 6.04 Å². The van der Waals surface area contributed by atoms with Crippen molar-refractivity contribution in [1.29, 1.82) is 0 Å². The molecule has 0 spiro atoms. The summed E-state index contributed by atoms with van der Waals surface area (Å²) in [5, 5.41) is 9.20. The number of rotatable bonds is 5. The predicted octanol–water partition coefficient (Wildman–Crippen LogP) is 3.54. The van der Waals surface area contributed by atoms with Crippen molar-refractivity contribution in [2.45, 2.75) is 57.4 Å². The predicted molar refractivity (Wildman–Crippen MR) is 80.6 cm³/mol. The molecule has 1 aliphatic rings. The molecule has 0 aromatic heterocycles. The smallest absolute Gasteiger partial charge is 0.303 e. The topological polar surface area (TPSA) is 63.3 Å². The monoisotopic (exact) mass is 275 g/mol. The van der Waals surface area contributed by atoms with Gasteiger partial charge in [0.25, 0.3) is 0 Å². The van der Waals surface area contributed by atoms with Crippen LogP contribution in [0.25, 0.3) is 0 Å². The Kier molecular flexibility index (Phi) is 4.81. The minimum Gasteiger partial charge on any atom is -0.481 e. The molecule has 0 radical (unpaired) electrons. The van der Waals surface area contributed by atoms with E-state index < -0.39 is 5.97 Å². The summed E-state index contributed by atoms with van der Waals surface area (Å²) in [6, 6.07) is 10.5. The largest absolute Gasteiger partial charge is 0.481 e. The zero-order chi connectivity index (χ0) is 14.6. The molecule has 3 heteroatoms. The number of aliphatic carboxylic acids is 1. The molecule has 1 atom stereocenters. The third-order valence-corrected chi connectivity index (χ3v) is 4.98. The van der Waals surface area contributed by atoms with Crippen molar-refractivity contribution in [1.82, 2.24) is 0 Å². The van der Waals surface area contributed by atoms with Crippen LogP contribution in [0.1, 0.15) is 56.9 Å². The fourth-order valence-electron chi connectivity index (χ4n) is 3.66. The van der Waals surface area contributed by atoms with Gasteiger partial charge in [-0.05, 0) is 49.0 Å². The van der Waals surface area contributed by atoms with Crippen LogP contribution in [0, 0.1) is 5.41 Å². The highest BCUT2D eigenvalue weighted by molar-refractivity contribution is 5.68. The van der Waals surface area contributed by atoms with E-state index >= 15 is 0 Å². The normalized spacial score (nSPS) is 28.0. The van der Waals surface area contributed by atoms with Gasteiger partial charge >= 0.3 is 5.97 Å². The molecule has 2 rings (SSSR count). The van der Waals surface area contributed by atoms with E-state index in [1.807, 2.05) is 6.07 Å². The Balaban J connectivity index is 2.08. The molecule has 0 aliphatic heterocycles. The number of benzene rings is 1. The fourth-order valence-corrected chi connectivity index (χ4v) is 3.66. The van der Waals surface area contributed by atoms with E-state index in [0.717, 1.165) is 32.1 Å². The van der Waals surface area contributed by atoms with Crippen LogP contribution in [-0.2, 0) is 4.79 Å². The first-order valence-electron chi connectivity index (χ1n) is 7.60. The van der Waals surface area contributed by atoms with Gasteiger partial charge in [-0.1, -0.05) is 37.3 Å². The van der Waals surface area contributed by atoms with Gasteiger partial charge < -0.3 is 10.8 Å². The highest BCUT2D eigenvalue weighted by atomic mass is 16.4. The summed E-state index contributed by atoms with van der Waals surface area (Å²) in [4.78, 5) is 11.2. The van der Waals surface area contributed by atoms with Crippen LogP contribution in [0.3, 0.4) is 0 Å². The third-order valence-electron chi connectivity index (χ3n) is 4.98. The molecular weight excluding hydrogens is 250 g/mol. The molecule has 1 saturated carbocycles. The van der Waals surface area contributed by atoms with Gasteiger partial charge in [0.15, 0.2) is 0 Å². The van der Waals surface area contributed by atoms with E-state index in [-0.39, 0.29) is 17.9 Å². The van der Waals surface area contributed by atoms with Crippen LogP contribution >= 0.6 is 0 Å². The molecule has 1 unspecified atom stereocenters. The summed E-state index contributed by atoms with van der Waals surface area (Å²) in [5.74, 6) is -0.158. The van der Waals surface area contributed by atoms with E-state index in [2.05, 4.69) is 31.2 Å². The minimum atomic E-state index is -0.716. The van der Waals surface area contributed by atoms with Crippen molar-refractivity contribution in [2.75, 3.05) is 0 Å². The summed E-state index contributed by atoms with van der Waals surface area (Å²) in [7, 11) is 0. The number of carboxylic acid groups (broad SMARTS) is 1. The molecule has 1 aromatic carbocycles. The van der Waals surface area contributed by atoms with Crippen molar-refractivity contribution in [2.24, 2.45) is 11.1 Å². The first kappa shape index (κ1) is 15.0. The average Bonchev–Trinajstić information content (AvgIpc) is 2.47. The zero-order valence-electron chi connectivity index (χ0n) is 12.2. The number of carbonyl (C=O) groups is 1. The van der Waals surface area contributed by atoms with Gasteiger partial charge in [-0.15, -0.1) is 0 Å². The Morgan fingerprint density at radius 3 is 2.45 bits per heavy atom. The summed E-state index contributed by atoms with van der Waals surface area (Å²) in [6.07, 6.45) is 5.00. The summed E-state index contributed by atoms with van der Waals surface area (Å²) >= 11 is 0. The maximum absolute atomic E-state index is 11.2. The number of hydrogen-bond donors (Lipinski definition) is 2. The van der Waals surface area contributed by atoms with E-state index in [4.69, 9.17) is 5.73 Å². The van der Waals surface area contributed by atoms with Crippen LogP contribution in [-0.4, -0.2) is 17.1 Å². The maximum Gasteiger partial charge on any atom is 0.303 e. The Labute approximate surface area is 121 Å². The molecule has 0 bridgehead atoms. The van der Waals surface area contributed by atoms with E-state index in [1.54, 1.807) is 0 Å². The Morgan fingerprint density at radius 2 is 1.95 bits per heavy atom. The van der Waals surface area contributed by atoms with Gasteiger partial charge in [0.05, 0.1) is 6.42 Å². The fraction of sp³-hybridized carbons (Fsp3) is 0.588. The Morgan fingerprint density at radius 1 is 1.35 bits per heavy atom. The summed E-state index contributed by atoms with van der Waals surface area (Å²) in [6.45, 7) is 2.05. The van der Waals surface area contributed by atoms with Crippen LogP contribution in [0.2, 0.25) is 0 Å². The summed E-state index contributed by atoms with van der Waals surface area (Å²) in [5.41, 5.74) is 7.43. The molecule has 3 N–H and O–H groups in total. The zero-order valence-corrected chi connectivity index (χ0v) is 12.2. The lowest BCUT2D eigenvalue weighted by molar-refractivity contribution is -0.141. The van der Waals surface area contributed by atoms with Crippen molar-refractivity contribution in [3.63, 3.8) is 0 Å². The van der Waals surface area contributed by atoms with Crippen LogP contribution < -0.4 is 5.73 Å². The Bertz CT molecular complexity index is 436. The third kappa shape index (κ3) is 3.21. The Hall–Kier alpha value is -1.35. The number of hydrogen-bond acceptors (Lipinski definition) is 2. The van der Waals surface area contributed by atoms with Crippen molar-refractivity contribution in [3.8, 4) is 0 Å². The van der Waals surface area contributed by atoms with Gasteiger partial charge in [-0.2, -0.15) is 0 Å². The first-order chi connectivity index (χ1) is 9.57. The van der Waals surface area contributed by atoms with Crippen LogP contribution in [0.5, 0.6) is 0 Å². The van der Waals surface area contributed by atoms with Gasteiger partial charge in [-0.25, -0.2) is 0 Å². The highest BCUT2D eigenvalue weighted by Gasteiger charge is 2.41. The second-order valence-corrected chi connectivity index (χ2v) is 6.13. The second-order valence-electron chi connectivity index (χ2n) is 6.13. The molecule has 0 heterocycles. The number of nitrogens with two attached hydrogens (primary N) is 1. The van der Waals surface area contributed by atoms with Crippen molar-refractivity contribution < 1.29 is 9.90 Å². The van der Waals surface area contributed by atoms with Crippen molar-refractivity contribution in [3.05, 3.63) is 35.9 Å². The van der Waals surface area contributed by atoms with E-state index in [0.29, 0.717) is 5.92 Å². The lowest BCUT2D eigenvalue weighted by Gasteiger charge is -2.43. The molecule has 1 aliphatic carbocycles.